The van der Waals surface area contributed by atoms with Crippen LogP contribution in [0.25, 0.3) is 0 Å². The molecule has 3 aliphatic rings. The molecule has 2 nitrogen and oxygen atoms in total. The van der Waals surface area contributed by atoms with E-state index >= 15 is 0 Å². The van der Waals surface area contributed by atoms with Gasteiger partial charge in [-0.15, -0.1) is 0 Å². The summed E-state index contributed by atoms with van der Waals surface area (Å²) in [5.74, 6) is 0.956. The number of ketones is 1. The average molecular weight is 301 g/mol. The number of nitrogens with zero attached hydrogens (tertiary/aromatic N) is 1. The van der Waals surface area contributed by atoms with E-state index in [0.29, 0.717) is 12.0 Å². The molecule has 0 bridgehead atoms. The van der Waals surface area contributed by atoms with E-state index in [-0.39, 0.29) is 22.0 Å². The summed E-state index contributed by atoms with van der Waals surface area (Å²) < 4.78 is 0. The van der Waals surface area contributed by atoms with E-state index in [0.717, 1.165) is 12.1 Å². The van der Waals surface area contributed by atoms with E-state index in [4.69, 9.17) is 0 Å². The molecule has 2 atom stereocenters. The molecule has 0 aromatic carbocycles. The van der Waals surface area contributed by atoms with Gasteiger partial charge in [0.2, 0.25) is 0 Å². The molecule has 2 aliphatic carbocycles. The Kier molecular flexibility index (Phi) is 3.07. The molecule has 2 fully saturated rings. The second kappa shape index (κ2) is 4.27. The van der Waals surface area contributed by atoms with Gasteiger partial charge in [0.25, 0.3) is 0 Å². The lowest BCUT2D eigenvalue weighted by molar-refractivity contribution is -0.112. The van der Waals surface area contributed by atoms with Gasteiger partial charge in [0, 0.05) is 35.3 Å². The summed E-state index contributed by atoms with van der Waals surface area (Å²) in [5, 5.41) is 0. The Bertz CT molecular complexity index is 594. The van der Waals surface area contributed by atoms with Crippen molar-refractivity contribution in [1.82, 2.24) is 4.90 Å². The minimum atomic E-state index is -0.0884. The normalized spacial score (nSPS) is 31.5. The van der Waals surface area contributed by atoms with Gasteiger partial charge in [-0.3, -0.25) is 4.79 Å². The fourth-order valence-corrected chi connectivity index (χ4v) is 4.92. The third kappa shape index (κ3) is 1.95. The summed E-state index contributed by atoms with van der Waals surface area (Å²) in [6.07, 6.45) is 3.21. The summed E-state index contributed by atoms with van der Waals surface area (Å²) >= 11 is 0. The molecule has 22 heavy (non-hydrogen) atoms. The monoisotopic (exact) mass is 301 g/mol. The molecule has 3 rings (SSSR count). The van der Waals surface area contributed by atoms with Crippen molar-refractivity contribution in [2.24, 2.45) is 22.2 Å². The molecule has 0 amide bonds. The van der Waals surface area contributed by atoms with Crippen LogP contribution < -0.4 is 0 Å². The van der Waals surface area contributed by atoms with Gasteiger partial charge >= 0.3 is 0 Å². The molecule has 2 unspecified atom stereocenters. The SMILES string of the molecule is CC(C)N1CC2CC23C1=CC(=O)C(C(C)(C)C)=C3C(C)(C)C. The van der Waals surface area contributed by atoms with Crippen molar-refractivity contribution < 1.29 is 4.79 Å². The highest BCUT2D eigenvalue weighted by molar-refractivity contribution is 6.08. The second-order valence-electron chi connectivity index (χ2n) is 9.76. The number of hydrogen-bond donors (Lipinski definition) is 0. The molecule has 0 N–H and O–H groups in total. The van der Waals surface area contributed by atoms with Gasteiger partial charge in [-0.25, -0.2) is 0 Å². The zero-order valence-electron chi connectivity index (χ0n) is 15.5. The van der Waals surface area contributed by atoms with Crippen molar-refractivity contribution in [2.75, 3.05) is 6.54 Å². The summed E-state index contributed by atoms with van der Waals surface area (Å²) in [4.78, 5) is 15.5. The van der Waals surface area contributed by atoms with Crippen LogP contribution in [0, 0.1) is 22.2 Å². The van der Waals surface area contributed by atoms with Gasteiger partial charge in [0.1, 0.15) is 0 Å². The molecule has 122 valence electrons. The number of hydrogen-bond acceptors (Lipinski definition) is 2. The first-order valence-electron chi connectivity index (χ1n) is 8.69. The predicted octanol–water partition coefficient (Wildman–Crippen LogP) is 4.57. The Morgan fingerprint density at radius 1 is 1.14 bits per heavy atom. The molecule has 2 heteroatoms. The molecule has 1 saturated heterocycles. The van der Waals surface area contributed by atoms with Gasteiger partial charge in [0.15, 0.2) is 5.78 Å². The Morgan fingerprint density at radius 3 is 2.18 bits per heavy atom. The van der Waals surface area contributed by atoms with Gasteiger partial charge in [-0.05, 0) is 42.6 Å². The van der Waals surface area contributed by atoms with E-state index in [2.05, 4.69) is 60.3 Å². The quantitative estimate of drug-likeness (QED) is 0.707. The van der Waals surface area contributed by atoms with Crippen LogP contribution in [0.15, 0.2) is 22.9 Å². The molecule has 1 saturated carbocycles. The topological polar surface area (TPSA) is 20.3 Å². The summed E-state index contributed by atoms with van der Waals surface area (Å²) in [6.45, 7) is 19.0. The van der Waals surface area contributed by atoms with Gasteiger partial charge < -0.3 is 4.90 Å². The van der Waals surface area contributed by atoms with Crippen LogP contribution in [0.2, 0.25) is 0 Å². The van der Waals surface area contributed by atoms with Crippen molar-refractivity contribution in [3.63, 3.8) is 0 Å². The molecule has 1 spiro atoms. The van der Waals surface area contributed by atoms with Crippen LogP contribution in [0.1, 0.15) is 61.8 Å². The Morgan fingerprint density at radius 2 is 1.73 bits per heavy atom. The maximum atomic E-state index is 13.0. The zero-order chi connectivity index (χ0) is 16.7. The van der Waals surface area contributed by atoms with Crippen LogP contribution in [-0.2, 0) is 4.79 Å². The molecule has 0 aromatic heterocycles. The number of carbonyl (C=O) groups is 1. The van der Waals surface area contributed by atoms with Crippen molar-refractivity contribution in [3.05, 3.63) is 22.9 Å². The van der Waals surface area contributed by atoms with Crippen molar-refractivity contribution >= 4 is 5.78 Å². The Hall–Kier alpha value is -1.05. The van der Waals surface area contributed by atoms with Crippen molar-refractivity contribution in [2.45, 2.75) is 67.9 Å². The number of likely N-dealkylation sites (tertiary alicyclic amines) is 1. The standard InChI is InChI=1S/C20H31NO/c1-12(2)21-11-13-10-20(13)15(21)9-14(22)16(18(3,4)5)17(20)19(6,7)8/h9,12-13H,10-11H2,1-8H3. The van der Waals surface area contributed by atoms with E-state index in [1.54, 1.807) is 0 Å². The van der Waals surface area contributed by atoms with E-state index in [1.807, 2.05) is 6.08 Å². The highest BCUT2D eigenvalue weighted by Crippen LogP contribution is 2.73. The zero-order valence-corrected chi connectivity index (χ0v) is 15.5. The maximum Gasteiger partial charge on any atom is 0.184 e. The molecule has 1 heterocycles. The molecule has 1 aliphatic heterocycles. The lowest BCUT2D eigenvalue weighted by Crippen LogP contribution is -2.37. The summed E-state index contributed by atoms with van der Waals surface area (Å²) in [6, 6.07) is 0.473. The summed E-state index contributed by atoms with van der Waals surface area (Å²) in [5.41, 5.74) is 3.95. The molecular weight excluding hydrogens is 270 g/mol. The smallest absolute Gasteiger partial charge is 0.184 e. The Balaban J connectivity index is 2.23. The van der Waals surface area contributed by atoms with Crippen molar-refractivity contribution in [1.29, 1.82) is 0 Å². The number of allylic oxidation sites excluding steroid dienone is 3. The molecular formula is C20H31NO. The summed E-state index contributed by atoms with van der Waals surface area (Å²) in [7, 11) is 0. The third-order valence-electron chi connectivity index (χ3n) is 5.62. The van der Waals surface area contributed by atoms with Crippen molar-refractivity contribution in [3.8, 4) is 0 Å². The van der Waals surface area contributed by atoms with Gasteiger partial charge in [-0.1, -0.05) is 41.5 Å². The highest BCUT2D eigenvalue weighted by atomic mass is 16.1. The average Bonchev–Trinajstić information content (AvgIpc) is 2.92. The van der Waals surface area contributed by atoms with E-state index in [1.165, 1.54) is 17.7 Å². The van der Waals surface area contributed by atoms with Crippen LogP contribution in [-0.4, -0.2) is 23.3 Å². The van der Waals surface area contributed by atoms with E-state index in [9.17, 15) is 4.79 Å². The first kappa shape index (κ1) is 15.8. The first-order chi connectivity index (χ1) is 9.90. The lowest BCUT2D eigenvalue weighted by Gasteiger charge is -2.42. The van der Waals surface area contributed by atoms with Crippen LogP contribution in [0.5, 0.6) is 0 Å². The number of piperidine rings is 1. The Labute approximate surface area is 135 Å². The first-order valence-corrected chi connectivity index (χ1v) is 8.69. The minimum Gasteiger partial charge on any atom is -0.371 e. The molecule has 0 aromatic rings. The largest absolute Gasteiger partial charge is 0.371 e. The second-order valence-corrected chi connectivity index (χ2v) is 9.76. The number of rotatable bonds is 1. The number of carbonyl (C=O) groups excluding carboxylic acids is 1. The van der Waals surface area contributed by atoms with Crippen LogP contribution in [0.4, 0.5) is 0 Å². The third-order valence-corrected chi connectivity index (χ3v) is 5.62. The fraction of sp³-hybridized carbons (Fsp3) is 0.750. The molecule has 0 radical (unpaired) electrons. The van der Waals surface area contributed by atoms with E-state index < -0.39 is 0 Å². The maximum absolute atomic E-state index is 13.0. The minimum absolute atomic E-state index is 0.0412. The highest BCUT2D eigenvalue weighted by Gasteiger charge is 2.69. The fourth-order valence-electron chi connectivity index (χ4n) is 4.92. The van der Waals surface area contributed by atoms with Gasteiger partial charge in [0.05, 0.1) is 0 Å². The van der Waals surface area contributed by atoms with Gasteiger partial charge in [-0.2, -0.15) is 0 Å². The predicted molar refractivity (Wildman–Crippen MR) is 91.4 cm³/mol. The van der Waals surface area contributed by atoms with Crippen LogP contribution >= 0.6 is 0 Å². The van der Waals surface area contributed by atoms with Crippen LogP contribution in [0.3, 0.4) is 0 Å². The lowest BCUT2D eigenvalue weighted by atomic mass is 9.64.